The van der Waals surface area contributed by atoms with Crippen molar-refractivity contribution in [3.63, 3.8) is 0 Å². The number of nitrogens with two attached hydrogens (primary N) is 1. The molecule has 1 saturated heterocycles. The monoisotopic (exact) mass is 230 g/mol. The lowest BCUT2D eigenvalue weighted by molar-refractivity contribution is -0.140. The molecule has 2 amide bonds. The second kappa shape index (κ2) is 4.93. The Labute approximate surface area is 91.8 Å². The summed E-state index contributed by atoms with van der Waals surface area (Å²) < 4.78 is 0. The van der Waals surface area contributed by atoms with E-state index < -0.39 is 30.3 Å². The minimum Gasteiger partial charge on any atom is -0.481 e. The Morgan fingerprint density at radius 2 is 2.19 bits per heavy atom. The van der Waals surface area contributed by atoms with Gasteiger partial charge in [0.05, 0.1) is 18.4 Å². The van der Waals surface area contributed by atoms with Gasteiger partial charge in [0.1, 0.15) is 0 Å². The summed E-state index contributed by atoms with van der Waals surface area (Å²) in [6.07, 6.45) is -1.51. The van der Waals surface area contributed by atoms with Crippen LogP contribution in [0.3, 0.4) is 0 Å². The molecule has 1 heterocycles. The summed E-state index contributed by atoms with van der Waals surface area (Å²) in [5.74, 6) is -2.51. The molecule has 0 bridgehead atoms. The molecule has 0 saturated carbocycles. The van der Waals surface area contributed by atoms with E-state index in [1.807, 2.05) is 0 Å². The fraction of sp³-hybridized carbons (Fsp3) is 0.667. The predicted molar refractivity (Wildman–Crippen MR) is 52.1 cm³/mol. The lowest BCUT2D eigenvalue weighted by Crippen LogP contribution is -2.35. The van der Waals surface area contributed by atoms with Gasteiger partial charge in [-0.15, -0.1) is 0 Å². The van der Waals surface area contributed by atoms with Gasteiger partial charge in [-0.25, -0.2) is 0 Å². The molecule has 2 atom stereocenters. The van der Waals surface area contributed by atoms with Gasteiger partial charge in [0, 0.05) is 19.5 Å². The first-order valence-electron chi connectivity index (χ1n) is 4.87. The first-order valence-corrected chi connectivity index (χ1v) is 4.87. The molecule has 0 aromatic rings. The van der Waals surface area contributed by atoms with Crippen molar-refractivity contribution in [3.05, 3.63) is 0 Å². The van der Waals surface area contributed by atoms with Crippen molar-refractivity contribution in [2.24, 2.45) is 11.7 Å². The summed E-state index contributed by atoms with van der Waals surface area (Å²) in [6.45, 7) is 0.0831. The van der Waals surface area contributed by atoms with Crippen molar-refractivity contribution in [2.75, 3.05) is 13.1 Å². The molecular weight excluding hydrogens is 216 g/mol. The van der Waals surface area contributed by atoms with Gasteiger partial charge < -0.3 is 20.8 Å². The van der Waals surface area contributed by atoms with Gasteiger partial charge in [-0.1, -0.05) is 0 Å². The highest BCUT2D eigenvalue weighted by atomic mass is 16.4. The van der Waals surface area contributed by atoms with E-state index in [0.717, 1.165) is 0 Å². The number of nitrogens with zero attached hydrogens (tertiary/aromatic N) is 1. The Kier molecular flexibility index (Phi) is 3.83. The molecular formula is C9H14N2O5. The number of aliphatic hydroxyl groups excluding tert-OH is 1. The summed E-state index contributed by atoms with van der Waals surface area (Å²) in [4.78, 5) is 33.8. The van der Waals surface area contributed by atoms with E-state index in [-0.39, 0.29) is 25.4 Å². The third kappa shape index (κ3) is 3.20. The number of likely N-dealkylation sites (tertiary alicyclic amines) is 1. The van der Waals surface area contributed by atoms with Crippen molar-refractivity contribution in [2.45, 2.75) is 18.9 Å². The predicted octanol–water partition coefficient (Wildman–Crippen LogP) is -1.84. The Bertz CT molecular complexity index is 317. The Balaban J connectivity index is 2.46. The highest BCUT2D eigenvalue weighted by Gasteiger charge is 2.34. The third-order valence-corrected chi connectivity index (χ3v) is 2.46. The lowest BCUT2D eigenvalue weighted by Gasteiger charge is -2.19. The molecule has 1 aliphatic rings. The molecule has 7 heteroatoms. The van der Waals surface area contributed by atoms with Gasteiger partial charge in [-0.3, -0.25) is 14.4 Å². The molecule has 0 radical (unpaired) electrons. The number of carboxylic acids is 1. The van der Waals surface area contributed by atoms with E-state index in [1.54, 1.807) is 0 Å². The third-order valence-electron chi connectivity index (χ3n) is 2.46. The largest absolute Gasteiger partial charge is 0.481 e. The summed E-state index contributed by atoms with van der Waals surface area (Å²) in [7, 11) is 0. The van der Waals surface area contributed by atoms with Crippen LogP contribution in [-0.4, -0.2) is 52.1 Å². The number of carboxylic acid groups (broad SMARTS) is 1. The molecule has 2 unspecified atom stereocenters. The smallest absolute Gasteiger partial charge is 0.306 e. The number of carbonyl (C=O) groups excluding carboxylic acids is 2. The molecule has 90 valence electrons. The molecule has 4 N–H and O–H groups in total. The zero-order valence-corrected chi connectivity index (χ0v) is 8.63. The number of aliphatic carboxylic acids is 1. The van der Waals surface area contributed by atoms with Crippen LogP contribution in [0.25, 0.3) is 0 Å². The van der Waals surface area contributed by atoms with Crippen LogP contribution < -0.4 is 5.73 Å². The Hall–Kier alpha value is -1.63. The van der Waals surface area contributed by atoms with Crippen LogP contribution in [0.15, 0.2) is 0 Å². The van der Waals surface area contributed by atoms with Crippen molar-refractivity contribution < 1.29 is 24.6 Å². The number of hydrogen-bond acceptors (Lipinski definition) is 4. The van der Waals surface area contributed by atoms with Gasteiger partial charge >= 0.3 is 5.97 Å². The van der Waals surface area contributed by atoms with Crippen LogP contribution in [0.4, 0.5) is 0 Å². The first-order chi connectivity index (χ1) is 7.40. The van der Waals surface area contributed by atoms with E-state index >= 15 is 0 Å². The van der Waals surface area contributed by atoms with E-state index in [2.05, 4.69) is 0 Å². The highest BCUT2D eigenvalue weighted by molar-refractivity contribution is 5.88. The summed E-state index contributed by atoms with van der Waals surface area (Å²) >= 11 is 0. The summed E-state index contributed by atoms with van der Waals surface area (Å²) in [5, 5.41) is 17.8. The number of primary amides is 1. The minimum atomic E-state index is -1.13. The molecule has 7 nitrogen and oxygen atoms in total. The SMILES string of the molecule is NC(=O)C1CC(=O)N(CC(O)CC(=O)O)C1. The van der Waals surface area contributed by atoms with E-state index in [9.17, 15) is 19.5 Å². The van der Waals surface area contributed by atoms with Gasteiger partial charge in [0.2, 0.25) is 11.8 Å². The zero-order valence-electron chi connectivity index (χ0n) is 8.63. The van der Waals surface area contributed by atoms with Crippen molar-refractivity contribution in [1.29, 1.82) is 0 Å². The van der Waals surface area contributed by atoms with Crippen LogP contribution in [0, 0.1) is 5.92 Å². The summed E-state index contributed by atoms with van der Waals surface area (Å²) in [5.41, 5.74) is 5.06. The number of aliphatic hydroxyl groups is 1. The second-order valence-corrected chi connectivity index (χ2v) is 3.85. The van der Waals surface area contributed by atoms with Crippen LogP contribution in [-0.2, 0) is 14.4 Å². The average molecular weight is 230 g/mol. The average Bonchev–Trinajstić information content (AvgIpc) is 2.46. The van der Waals surface area contributed by atoms with Gasteiger partial charge in [-0.05, 0) is 0 Å². The Morgan fingerprint density at radius 3 is 2.62 bits per heavy atom. The van der Waals surface area contributed by atoms with Gasteiger partial charge in [-0.2, -0.15) is 0 Å². The quantitative estimate of drug-likeness (QED) is 0.512. The second-order valence-electron chi connectivity index (χ2n) is 3.85. The Morgan fingerprint density at radius 1 is 1.56 bits per heavy atom. The summed E-state index contributed by atoms with van der Waals surface area (Å²) in [6, 6.07) is 0. The molecule has 0 aromatic carbocycles. The maximum atomic E-state index is 11.4. The highest BCUT2D eigenvalue weighted by Crippen LogP contribution is 2.17. The molecule has 0 aliphatic carbocycles. The van der Waals surface area contributed by atoms with Crippen molar-refractivity contribution in [1.82, 2.24) is 4.90 Å². The molecule has 16 heavy (non-hydrogen) atoms. The maximum Gasteiger partial charge on any atom is 0.306 e. The first kappa shape index (κ1) is 12.4. The minimum absolute atomic E-state index is 0.0368. The van der Waals surface area contributed by atoms with E-state index in [0.29, 0.717) is 0 Å². The van der Waals surface area contributed by atoms with Gasteiger partial charge in [0.25, 0.3) is 0 Å². The molecule has 1 aliphatic heterocycles. The van der Waals surface area contributed by atoms with Crippen LogP contribution in [0.2, 0.25) is 0 Å². The topological polar surface area (TPSA) is 121 Å². The van der Waals surface area contributed by atoms with E-state index in [1.165, 1.54) is 4.90 Å². The number of rotatable bonds is 5. The van der Waals surface area contributed by atoms with Crippen molar-refractivity contribution >= 4 is 17.8 Å². The number of β-amino-alcohol motifs (C(OH)–C–C–N with tert-alkyl or cyclic N) is 1. The van der Waals surface area contributed by atoms with Crippen molar-refractivity contribution in [3.8, 4) is 0 Å². The number of amides is 2. The molecule has 1 rings (SSSR count). The van der Waals surface area contributed by atoms with Gasteiger partial charge in [0.15, 0.2) is 0 Å². The lowest BCUT2D eigenvalue weighted by atomic mass is 10.1. The normalized spacial score (nSPS) is 22.2. The number of hydrogen-bond donors (Lipinski definition) is 3. The van der Waals surface area contributed by atoms with E-state index in [4.69, 9.17) is 10.8 Å². The molecule has 1 fully saturated rings. The molecule has 0 aromatic heterocycles. The van der Waals surface area contributed by atoms with Crippen LogP contribution in [0.5, 0.6) is 0 Å². The fourth-order valence-electron chi connectivity index (χ4n) is 1.66. The van der Waals surface area contributed by atoms with Crippen LogP contribution in [0.1, 0.15) is 12.8 Å². The number of carbonyl (C=O) groups is 3. The standard InChI is InChI=1S/C9H14N2O5/c10-9(16)5-1-7(13)11(3-5)4-6(12)2-8(14)15/h5-6,12H,1-4H2,(H2,10,16)(H,14,15). The zero-order chi connectivity index (χ0) is 12.3. The maximum absolute atomic E-state index is 11.4. The fourth-order valence-corrected chi connectivity index (χ4v) is 1.66. The van der Waals surface area contributed by atoms with Crippen LogP contribution >= 0.6 is 0 Å². The molecule has 0 spiro atoms.